The Bertz CT molecular complexity index is 500. The molecular weight excluding hydrogens is 216 g/mol. The Morgan fingerprint density at radius 3 is 2.94 bits per heavy atom. The highest BCUT2D eigenvalue weighted by Crippen LogP contribution is 2.26. The van der Waals surface area contributed by atoms with Gasteiger partial charge in [-0.1, -0.05) is 0 Å². The van der Waals surface area contributed by atoms with Crippen molar-refractivity contribution in [3.05, 3.63) is 30.5 Å². The molecule has 4 nitrogen and oxygen atoms in total. The van der Waals surface area contributed by atoms with Gasteiger partial charge in [0.05, 0.1) is 13.7 Å². The number of nitrogens with zero attached hydrogens (tertiary/aromatic N) is 1. The van der Waals surface area contributed by atoms with Crippen molar-refractivity contribution in [2.45, 2.75) is 6.42 Å². The summed E-state index contributed by atoms with van der Waals surface area (Å²) in [5.74, 6) is 1.48. The fourth-order valence-corrected chi connectivity index (χ4v) is 1.62. The third-order valence-corrected chi connectivity index (χ3v) is 2.52. The van der Waals surface area contributed by atoms with Crippen molar-refractivity contribution in [2.75, 3.05) is 20.3 Å². The molecule has 0 aliphatic heterocycles. The van der Waals surface area contributed by atoms with Crippen molar-refractivity contribution in [3.8, 4) is 11.6 Å². The third-order valence-electron chi connectivity index (χ3n) is 2.52. The number of fused-ring (bicyclic) bond motifs is 1. The molecule has 0 bridgehead atoms. The van der Waals surface area contributed by atoms with Gasteiger partial charge in [0.15, 0.2) is 0 Å². The molecule has 90 valence electrons. The molecule has 0 aliphatic rings. The summed E-state index contributed by atoms with van der Waals surface area (Å²) in [4.78, 5) is 4.23. The van der Waals surface area contributed by atoms with Crippen LogP contribution in [0.15, 0.2) is 30.5 Å². The highest BCUT2D eigenvalue weighted by atomic mass is 16.5. The van der Waals surface area contributed by atoms with Gasteiger partial charge >= 0.3 is 0 Å². The lowest BCUT2D eigenvalue weighted by atomic mass is 10.1. The minimum absolute atomic E-state index is 0.592. The second-order valence-electron chi connectivity index (χ2n) is 3.69. The van der Waals surface area contributed by atoms with Gasteiger partial charge in [0.1, 0.15) is 5.75 Å². The van der Waals surface area contributed by atoms with E-state index in [1.54, 1.807) is 13.3 Å². The zero-order valence-electron chi connectivity index (χ0n) is 9.85. The molecule has 2 aromatic rings. The largest absolute Gasteiger partial charge is 0.497 e. The Balaban J connectivity index is 2.30. The molecule has 0 aliphatic carbocycles. The number of pyridine rings is 1. The van der Waals surface area contributed by atoms with Crippen molar-refractivity contribution >= 4 is 10.8 Å². The fourth-order valence-electron chi connectivity index (χ4n) is 1.62. The van der Waals surface area contributed by atoms with Gasteiger partial charge in [-0.15, -0.1) is 0 Å². The van der Waals surface area contributed by atoms with Gasteiger partial charge in [0, 0.05) is 11.6 Å². The number of ether oxygens (including phenoxy) is 2. The van der Waals surface area contributed by atoms with Crippen LogP contribution in [-0.2, 0) is 0 Å². The predicted molar refractivity (Wildman–Crippen MR) is 67.5 cm³/mol. The smallest absolute Gasteiger partial charge is 0.221 e. The molecule has 0 fully saturated rings. The molecule has 1 aromatic carbocycles. The number of hydrogen-bond donors (Lipinski definition) is 1. The van der Waals surface area contributed by atoms with Gasteiger partial charge in [-0.25, -0.2) is 4.98 Å². The van der Waals surface area contributed by atoms with Crippen LogP contribution in [0.1, 0.15) is 6.42 Å². The topological polar surface area (TPSA) is 57.4 Å². The quantitative estimate of drug-likeness (QED) is 0.801. The Hall–Kier alpha value is -1.81. The van der Waals surface area contributed by atoms with Crippen molar-refractivity contribution < 1.29 is 9.47 Å². The lowest BCUT2D eigenvalue weighted by Gasteiger charge is -2.08. The van der Waals surface area contributed by atoms with Crippen molar-refractivity contribution in [3.63, 3.8) is 0 Å². The van der Waals surface area contributed by atoms with E-state index in [-0.39, 0.29) is 0 Å². The van der Waals surface area contributed by atoms with Crippen LogP contribution in [0, 0.1) is 0 Å². The molecule has 0 amide bonds. The summed E-state index contributed by atoms with van der Waals surface area (Å²) in [7, 11) is 1.65. The van der Waals surface area contributed by atoms with E-state index in [0.717, 1.165) is 22.9 Å². The van der Waals surface area contributed by atoms with Crippen LogP contribution in [0.4, 0.5) is 0 Å². The highest BCUT2D eigenvalue weighted by Gasteiger charge is 2.04. The maximum Gasteiger partial charge on any atom is 0.221 e. The van der Waals surface area contributed by atoms with Gasteiger partial charge in [-0.2, -0.15) is 0 Å². The summed E-state index contributed by atoms with van der Waals surface area (Å²) in [6.45, 7) is 1.22. The molecular formula is C13H16N2O2. The number of aromatic nitrogens is 1. The number of nitrogens with two attached hydrogens (primary N) is 1. The van der Waals surface area contributed by atoms with E-state index in [1.807, 2.05) is 24.3 Å². The standard InChI is InChI=1S/C13H16N2O2/c1-16-11-3-4-12-10(9-11)5-7-15-13(12)17-8-2-6-14/h3-5,7,9H,2,6,8,14H2,1H3. The van der Waals surface area contributed by atoms with E-state index in [1.165, 1.54) is 0 Å². The summed E-state index contributed by atoms with van der Waals surface area (Å²) in [6.07, 6.45) is 2.56. The zero-order valence-corrected chi connectivity index (χ0v) is 9.85. The molecule has 1 aromatic heterocycles. The van der Waals surface area contributed by atoms with Gasteiger partial charge in [-0.3, -0.25) is 0 Å². The molecule has 4 heteroatoms. The average molecular weight is 232 g/mol. The Kier molecular flexibility index (Phi) is 3.77. The number of benzene rings is 1. The average Bonchev–Trinajstić information content (AvgIpc) is 2.38. The summed E-state index contributed by atoms with van der Waals surface area (Å²) in [6, 6.07) is 7.76. The van der Waals surface area contributed by atoms with E-state index in [0.29, 0.717) is 19.0 Å². The summed E-state index contributed by atoms with van der Waals surface area (Å²) in [5, 5.41) is 2.05. The van der Waals surface area contributed by atoms with E-state index in [9.17, 15) is 0 Å². The van der Waals surface area contributed by atoms with E-state index < -0.39 is 0 Å². The Morgan fingerprint density at radius 1 is 1.29 bits per heavy atom. The molecule has 0 spiro atoms. The van der Waals surface area contributed by atoms with E-state index in [2.05, 4.69) is 4.98 Å². The zero-order chi connectivity index (χ0) is 12.1. The monoisotopic (exact) mass is 232 g/mol. The predicted octanol–water partition coefficient (Wildman–Crippen LogP) is 1.97. The highest BCUT2D eigenvalue weighted by molar-refractivity contribution is 5.87. The molecule has 0 unspecified atom stereocenters. The molecule has 1 heterocycles. The van der Waals surface area contributed by atoms with Crippen LogP contribution >= 0.6 is 0 Å². The lowest BCUT2D eigenvalue weighted by molar-refractivity contribution is 0.305. The van der Waals surface area contributed by atoms with Crippen LogP contribution in [0.5, 0.6) is 11.6 Å². The van der Waals surface area contributed by atoms with Gasteiger partial charge in [0.25, 0.3) is 0 Å². The molecule has 17 heavy (non-hydrogen) atoms. The first-order chi connectivity index (χ1) is 8.35. The second kappa shape index (κ2) is 5.50. The summed E-state index contributed by atoms with van der Waals surface area (Å²) < 4.78 is 10.8. The third kappa shape index (κ3) is 2.65. The first-order valence-corrected chi connectivity index (χ1v) is 5.61. The number of methoxy groups -OCH3 is 1. The molecule has 0 saturated carbocycles. The molecule has 2 N–H and O–H groups in total. The van der Waals surface area contributed by atoms with Crippen molar-refractivity contribution in [1.82, 2.24) is 4.98 Å². The first-order valence-electron chi connectivity index (χ1n) is 5.61. The molecule has 0 saturated heterocycles. The van der Waals surface area contributed by atoms with Crippen molar-refractivity contribution in [2.24, 2.45) is 5.73 Å². The Morgan fingerprint density at radius 2 is 2.18 bits per heavy atom. The Labute approximate surface area is 100 Å². The van der Waals surface area contributed by atoms with Gasteiger partial charge < -0.3 is 15.2 Å². The minimum Gasteiger partial charge on any atom is -0.497 e. The summed E-state index contributed by atoms with van der Waals surface area (Å²) in [5.41, 5.74) is 5.43. The molecule has 0 atom stereocenters. The lowest BCUT2D eigenvalue weighted by Crippen LogP contribution is -2.06. The van der Waals surface area contributed by atoms with E-state index in [4.69, 9.17) is 15.2 Å². The minimum atomic E-state index is 0.592. The van der Waals surface area contributed by atoms with Gasteiger partial charge in [-0.05, 0) is 42.6 Å². The number of hydrogen-bond acceptors (Lipinski definition) is 4. The van der Waals surface area contributed by atoms with Crippen LogP contribution < -0.4 is 15.2 Å². The van der Waals surface area contributed by atoms with Crippen LogP contribution in [0.3, 0.4) is 0 Å². The fraction of sp³-hybridized carbons (Fsp3) is 0.308. The first kappa shape index (κ1) is 11.7. The van der Waals surface area contributed by atoms with Crippen LogP contribution in [-0.4, -0.2) is 25.2 Å². The van der Waals surface area contributed by atoms with E-state index >= 15 is 0 Å². The van der Waals surface area contributed by atoms with Crippen molar-refractivity contribution in [1.29, 1.82) is 0 Å². The SMILES string of the molecule is COc1ccc2c(OCCCN)nccc2c1. The second-order valence-corrected chi connectivity index (χ2v) is 3.69. The normalized spacial score (nSPS) is 10.5. The molecule has 2 rings (SSSR count). The number of rotatable bonds is 5. The maximum absolute atomic E-state index is 5.60. The van der Waals surface area contributed by atoms with Crippen LogP contribution in [0.25, 0.3) is 10.8 Å². The van der Waals surface area contributed by atoms with Crippen LogP contribution in [0.2, 0.25) is 0 Å². The summed E-state index contributed by atoms with van der Waals surface area (Å²) >= 11 is 0. The maximum atomic E-state index is 5.60. The molecule has 0 radical (unpaired) electrons. The van der Waals surface area contributed by atoms with Gasteiger partial charge in [0.2, 0.25) is 5.88 Å².